The van der Waals surface area contributed by atoms with Gasteiger partial charge in [0.2, 0.25) is 0 Å². The Morgan fingerprint density at radius 1 is 1.38 bits per heavy atom. The molecule has 0 aromatic rings. The van der Waals surface area contributed by atoms with Crippen molar-refractivity contribution in [1.29, 1.82) is 0 Å². The molecule has 0 aliphatic carbocycles. The molecule has 13 heavy (non-hydrogen) atoms. The van der Waals surface area contributed by atoms with E-state index in [-0.39, 0.29) is 5.54 Å². The van der Waals surface area contributed by atoms with Crippen LogP contribution in [0, 0.1) is 0 Å². The largest absolute Gasteiger partial charge is 0.380 e. The molecular formula is C12H19N. The number of hydrogen-bond acceptors (Lipinski definition) is 1. The van der Waals surface area contributed by atoms with E-state index >= 15 is 0 Å². The molecule has 0 fully saturated rings. The molecule has 0 heterocycles. The van der Waals surface area contributed by atoms with Gasteiger partial charge in [-0.15, -0.1) is 6.58 Å². The monoisotopic (exact) mass is 177 g/mol. The fourth-order valence-electron chi connectivity index (χ4n) is 1.07. The predicted molar refractivity (Wildman–Crippen MR) is 60.5 cm³/mol. The smallest absolute Gasteiger partial charge is 0.0351 e. The fourth-order valence-corrected chi connectivity index (χ4v) is 1.07. The maximum absolute atomic E-state index is 3.88. The Labute approximate surface area is 81.5 Å². The van der Waals surface area contributed by atoms with E-state index < -0.39 is 0 Å². The van der Waals surface area contributed by atoms with Crippen LogP contribution in [0.3, 0.4) is 0 Å². The van der Waals surface area contributed by atoms with Crippen molar-refractivity contribution in [2.45, 2.75) is 25.8 Å². The molecule has 0 radical (unpaired) electrons. The Kier molecular flexibility index (Phi) is 4.90. The molecule has 0 rings (SSSR count). The molecule has 72 valence electrons. The Hall–Kier alpha value is -1.24. The Balaban J connectivity index is 4.10. The van der Waals surface area contributed by atoms with Crippen LogP contribution in [-0.2, 0) is 0 Å². The zero-order valence-corrected chi connectivity index (χ0v) is 8.64. The van der Waals surface area contributed by atoms with Crippen LogP contribution in [0.5, 0.6) is 0 Å². The van der Waals surface area contributed by atoms with Crippen LogP contribution in [0.2, 0.25) is 0 Å². The molecule has 0 aliphatic heterocycles. The van der Waals surface area contributed by atoms with Gasteiger partial charge in [-0.3, -0.25) is 0 Å². The standard InChI is InChI=1S/C12H19N/c1-6-8-9-11(3)13-12(4,5)10-7-2/h6-9,13H,1-3,10H2,4-5H3/b9-8-. The van der Waals surface area contributed by atoms with Gasteiger partial charge in [0.25, 0.3) is 0 Å². The molecule has 0 saturated carbocycles. The fraction of sp³-hybridized carbons (Fsp3) is 0.333. The average Bonchev–Trinajstić information content (AvgIpc) is 1.99. The minimum Gasteiger partial charge on any atom is -0.380 e. The molecule has 0 aliphatic rings. The van der Waals surface area contributed by atoms with Gasteiger partial charge in [-0.2, -0.15) is 0 Å². The summed E-state index contributed by atoms with van der Waals surface area (Å²) in [4.78, 5) is 0. The van der Waals surface area contributed by atoms with Gasteiger partial charge in [0, 0.05) is 11.2 Å². The van der Waals surface area contributed by atoms with Crippen LogP contribution >= 0.6 is 0 Å². The molecule has 0 aromatic heterocycles. The molecule has 0 aromatic carbocycles. The van der Waals surface area contributed by atoms with Crippen LogP contribution in [0.1, 0.15) is 20.3 Å². The SMILES string of the molecule is C=C/C=C\C(=C)NC(C)(C)CC=C. The van der Waals surface area contributed by atoms with Gasteiger partial charge >= 0.3 is 0 Å². The molecule has 1 heteroatoms. The van der Waals surface area contributed by atoms with Crippen LogP contribution in [0.25, 0.3) is 0 Å². The van der Waals surface area contributed by atoms with Crippen LogP contribution in [0.15, 0.2) is 49.7 Å². The molecule has 0 spiro atoms. The minimum absolute atomic E-state index is 0.0182. The summed E-state index contributed by atoms with van der Waals surface area (Å²) >= 11 is 0. The van der Waals surface area contributed by atoms with E-state index in [2.05, 4.69) is 38.9 Å². The molecule has 0 amide bonds. The second-order valence-corrected chi connectivity index (χ2v) is 3.62. The van der Waals surface area contributed by atoms with Gasteiger partial charge in [0.15, 0.2) is 0 Å². The first-order valence-electron chi connectivity index (χ1n) is 4.39. The highest BCUT2D eigenvalue weighted by Gasteiger charge is 2.14. The zero-order valence-electron chi connectivity index (χ0n) is 8.64. The first-order valence-corrected chi connectivity index (χ1v) is 4.39. The van der Waals surface area contributed by atoms with Crippen molar-refractivity contribution in [3.05, 3.63) is 49.7 Å². The van der Waals surface area contributed by atoms with Gasteiger partial charge in [-0.1, -0.05) is 31.4 Å². The minimum atomic E-state index is 0.0182. The summed E-state index contributed by atoms with van der Waals surface area (Å²) in [5.74, 6) is 0. The maximum atomic E-state index is 3.88. The summed E-state index contributed by atoms with van der Waals surface area (Å²) in [6, 6.07) is 0. The summed E-state index contributed by atoms with van der Waals surface area (Å²) in [5, 5.41) is 3.29. The van der Waals surface area contributed by atoms with Crippen LogP contribution in [-0.4, -0.2) is 5.54 Å². The van der Waals surface area contributed by atoms with E-state index in [0.717, 1.165) is 12.1 Å². The Bertz CT molecular complexity index is 221. The van der Waals surface area contributed by atoms with Gasteiger partial charge in [0.1, 0.15) is 0 Å². The van der Waals surface area contributed by atoms with E-state index in [1.807, 2.05) is 18.2 Å². The van der Waals surface area contributed by atoms with Crippen molar-refractivity contribution in [3.8, 4) is 0 Å². The van der Waals surface area contributed by atoms with E-state index in [1.54, 1.807) is 6.08 Å². The quantitative estimate of drug-likeness (QED) is 0.485. The van der Waals surface area contributed by atoms with Crippen molar-refractivity contribution in [2.24, 2.45) is 0 Å². The van der Waals surface area contributed by atoms with E-state index in [9.17, 15) is 0 Å². The molecule has 0 saturated heterocycles. The molecule has 1 nitrogen and oxygen atoms in total. The summed E-state index contributed by atoms with van der Waals surface area (Å²) < 4.78 is 0. The third-order valence-corrected chi connectivity index (χ3v) is 1.59. The van der Waals surface area contributed by atoms with Crippen molar-refractivity contribution in [2.75, 3.05) is 0 Å². The third-order valence-electron chi connectivity index (χ3n) is 1.59. The van der Waals surface area contributed by atoms with Crippen LogP contribution in [0.4, 0.5) is 0 Å². The molecule has 0 bridgehead atoms. The maximum Gasteiger partial charge on any atom is 0.0351 e. The summed E-state index contributed by atoms with van der Waals surface area (Å²) in [7, 11) is 0. The summed E-state index contributed by atoms with van der Waals surface area (Å²) in [6.07, 6.45) is 8.30. The first kappa shape index (κ1) is 11.8. The molecule has 0 atom stereocenters. The van der Waals surface area contributed by atoms with Crippen molar-refractivity contribution >= 4 is 0 Å². The Morgan fingerprint density at radius 2 is 2.00 bits per heavy atom. The van der Waals surface area contributed by atoms with E-state index in [4.69, 9.17) is 0 Å². The highest BCUT2D eigenvalue weighted by Crippen LogP contribution is 2.10. The van der Waals surface area contributed by atoms with Crippen molar-refractivity contribution in [1.82, 2.24) is 5.32 Å². The summed E-state index contributed by atoms with van der Waals surface area (Å²) in [6.45, 7) is 15.4. The second-order valence-electron chi connectivity index (χ2n) is 3.62. The number of allylic oxidation sites excluding steroid dienone is 3. The van der Waals surface area contributed by atoms with Gasteiger partial charge in [-0.25, -0.2) is 0 Å². The number of rotatable bonds is 6. The lowest BCUT2D eigenvalue weighted by atomic mass is 10.0. The van der Waals surface area contributed by atoms with Crippen LogP contribution < -0.4 is 5.32 Å². The number of nitrogens with one attached hydrogen (secondary N) is 1. The Morgan fingerprint density at radius 3 is 2.46 bits per heavy atom. The summed E-state index contributed by atoms with van der Waals surface area (Å²) in [5.41, 5.74) is 0.913. The lowest BCUT2D eigenvalue weighted by Gasteiger charge is -2.26. The topological polar surface area (TPSA) is 12.0 Å². The predicted octanol–water partition coefficient (Wildman–Crippen LogP) is 3.19. The van der Waals surface area contributed by atoms with Gasteiger partial charge in [0.05, 0.1) is 0 Å². The first-order chi connectivity index (χ1) is 6.02. The number of hydrogen-bond donors (Lipinski definition) is 1. The highest BCUT2D eigenvalue weighted by molar-refractivity contribution is 5.18. The van der Waals surface area contributed by atoms with E-state index in [0.29, 0.717) is 0 Å². The van der Waals surface area contributed by atoms with Gasteiger partial charge in [-0.05, 0) is 26.3 Å². The molecule has 1 N–H and O–H groups in total. The normalized spacial score (nSPS) is 11.2. The van der Waals surface area contributed by atoms with Crippen molar-refractivity contribution < 1.29 is 0 Å². The molecule has 0 unspecified atom stereocenters. The zero-order chi connectivity index (χ0) is 10.3. The van der Waals surface area contributed by atoms with Gasteiger partial charge < -0.3 is 5.32 Å². The third kappa shape index (κ3) is 5.97. The highest BCUT2D eigenvalue weighted by atomic mass is 15.0. The van der Waals surface area contributed by atoms with E-state index in [1.165, 1.54) is 0 Å². The lowest BCUT2D eigenvalue weighted by molar-refractivity contribution is 0.440. The average molecular weight is 177 g/mol. The second kappa shape index (κ2) is 5.41. The molecular weight excluding hydrogens is 158 g/mol. The lowest BCUT2D eigenvalue weighted by Crippen LogP contribution is -2.37. The van der Waals surface area contributed by atoms with Crippen molar-refractivity contribution in [3.63, 3.8) is 0 Å².